The van der Waals surface area contributed by atoms with Gasteiger partial charge in [-0.3, -0.25) is 14.9 Å². The summed E-state index contributed by atoms with van der Waals surface area (Å²) >= 11 is 0. The number of anilines is 2. The zero-order valence-electron chi connectivity index (χ0n) is 13.7. The number of esters is 1. The molecule has 0 atom stereocenters. The fraction of sp³-hybridized carbons (Fsp3) is 0.176. The monoisotopic (exact) mass is 343 g/mol. The number of benzene rings is 2. The molecular formula is C17H17N3O5. The number of carbonyl (C=O) groups is 2. The number of nitro groups is 1. The zero-order chi connectivity index (χ0) is 18.6. The quantitative estimate of drug-likeness (QED) is 0.372. The maximum atomic E-state index is 12.0. The van der Waals surface area contributed by atoms with Crippen LogP contribution >= 0.6 is 0 Å². The van der Waals surface area contributed by atoms with Crippen LogP contribution < -0.4 is 11.1 Å². The molecule has 130 valence electrons. The number of amides is 1. The van der Waals surface area contributed by atoms with Crippen molar-refractivity contribution in [2.24, 2.45) is 0 Å². The lowest BCUT2D eigenvalue weighted by molar-refractivity contribution is -0.384. The summed E-state index contributed by atoms with van der Waals surface area (Å²) in [5.41, 5.74) is 7.76. The van der Waals surface area contributed by atoms with E-state index in [1.807, 2.05) is 32.0 Å². The summed E-state index contributed by atoms with van der Waals surface area (Å²) in [6.45, 7) is 3.24. The molecule has 2 aromatic carbocycles. The Kier molecular flexibility index (Phi) is 5.33. The molecule has 3 N–H and O–H groups in total. The smallest absolute Gasteiger partial charge is 0.340 e. The Hall–Kier alpha value is -3.42. The summed E-state index contributed by atoms with van der Waals surface area (Å²) in [4.78, 5) is 33.9. The van der Waals surface area contributed by atoms with Crippen LogP contribution in [0.4, 0.5) is 17.1 Å². The van der Waals surface area contributed by atoms with E-state index in [1.165, 1.54) is 6.07 Å². The Morgan fingerprint density at radius 3 is 2.56 bits per heavy atom. The van der Waals surface area contributed by atoms with Crippen molar-refractivity contribution in [1.29, 1.82) is 0 Å². The van der Waals surface area contributed by atoms with Gasteiger partial charge in [-0.1, -0.05) is 12.1 Å². The summed E-state index contributed by atoms with van der Waals surface area (Å²) in [6.07, 6.45) is 0. The first-order valence-corrected chi connectivity index (χ1v) is 7.36. The average molecular weight is 343 g/mol. The minimum absolute atomic E-state index is 0.0369. The summed E-state index contributed by atoms with van der Waals surface area (Å²) < 4.78 is 4.91. The molecule has 0 aromatic heterocycles. The molecule has 8 heteroatoms. The highest BCUT2D eigenvalue weighted by Crippen LogP contribution is 2.20. The molecule has 0 aliphatic rings. The molecule has 0 bridgehead atoms. The molecule has 0 unspecified atom stereocenters. The van der Waals surface area contributed by atoms with Crippen LogP contribution in [0, 0.1) is 24.0 Å². The van der Waals surface area contributed by atoms with Crippen molar-refractivity contribution in [3.05, 3.63) is 63.2 Å². The van der Waals surface area contributed by atoms with Crippen LogP contribution in [0.2, 0.25) is 0 Å². The largest absolute Gasteiger partial charge is 0.452 e. The van der Waals surface area contributed by atoms with E-state index in [1.54, 1.807) is 0 Å². The number of aryl methyl sites for hydroxylation is 2. The number of rotatable bonds is 5. The standard InChI is InChI=1S/C17H17N3O5/c1-10-3-4-11(2)15(7-10)19-16(21)9-25-17(22)13-6-5-12(20(23)24)8-14(13)18/h3-8H,9,18H2,1-2H3,(H,19,21). The van der Waals surface area contributed by atoms with Gasteiger partial charge in [0, 0.05) is 17.8 Å². The first-order valence-electron chi connectivity index (χ1n) is 7.36. The molecule has 1 amide bonds. The second-order valence-corrected chi connectivity index (χ2v) is 5.47. The van der Waals surface area contributed by atoms with Crippen LogP contribution in [0.5, 0.6) is 0 Å². The van der Waals surface area contributed by atoms with Crippen LogP contribution in [0.25, 0.3) is 0 Å². The van der Waals surface area contributed by atoms with Gasteiger partial charge in [-0.15, -0.1) is 0 Å². The number of non-ortho nitro benzene ring substituents is 1. The zero-order valence-corrected chi connectivity index (χ0v) is 13.7. The van der Waals surface area contributed by atoms with Crippen molar-refractivity contribution in [2.45, 2.75) is 13.8 Å². The average Bonchev–Trinajstić information content (AvgIpc) is 2.55. The molecule has 2 rings (SSSR count). The number of hydrogen-bond acceptors (Lipinski definition) is 6. The van der Waals surface area contributed by atoms with E-state index in [2.05, 4.69) is 5.32 Å². The number of carbonyl (C=O) groups excluding carboxylic acids is 2. The lowest BCUT2D eigenvalue weighted by atomic mass is 10.1. The van der Waals surface area contributed by atoms with Gasteiger partial charge in [0.2, 0.25) is 0 Å². The highest BCUT2D eigenvalue weighted by Gasteiger charge is 2.17. The van der Waals surface area contributed by atoms with Gasteiger partial charge in [0.15, 0.2) is 6.61 Å². The van der Waals surface area contributed by atoms with E-state index < -0.39 is 23.4 Å². The summed E-state index contributed by atoms with van der Waals surface area (Å²) in [5, 5.41) is 13.3. The number of nitrogens with two attached hydrogens (primary N) is 1. The maximum Gasteiger partial charge on any atom is 0.340 e. The molecule has 0 heterocycles. The number of hydrogen-bond donors (Lipinski definition) is 2. The fourth-order valence-electron chi connectivity index (χ4n) is 2.12. The third-order valence-corrected chi connectivity index (χ3v) is 3.47. The number of ether oxygens (including phenoxy) is 1. The van der Waals surface area contributed by atoms with Gasteiger partial charge in [-0.05, 0) is 37.1 Å². The number of nitro benzene ring substituents is 1. The minimum atomic E-state index is -0.830. The summed E-state index contributed by atoms with van der Waals surface area (Å²) in [7, 11) is 0. The summed E-state index contributed by atoms with van der Waals surface area (Å²) in [6, 6.07) is 8.99. The van der Waals surface area contributed by atoms with Crippen molar-refractivity contribution >= 4 is 28.9 Å². The van der Waals surface area contributed by atoms with E-state index in [9.17, 15) is 19.7 Å². The van der Waals surface area contributed by atoms with Gasteiger partial charge in [-0.25, -0.2) is 4.79 Å². The van der Waals surface area contributed by atoms with Gasteiger partial charge in [0.25, 0.3) is 11.6 Å². The van der Waals surface area contributed by atoms with E-state index in [4.69, 9.17) is 10.5 Å². The van der Waals surface area contributed by atoms with E-state index >= 15 is 0 Å². The number of nitrogens with one attached hydrogen (secondary N) is 1. The van der Waals surface area contributed by atoms with Crippen LogP contribution in [-0.2, 0) is 9.53 Å². The molecule has 0 spiro atoms. The maximum absolute atomic E-state index is 12.0. The lowest BCUT2D eigenvalue weighted by Crippen LogP contribution is -2.21. The first-order chi connectivity index (χ1) is 11.8. The Balaban J connectivity index is 1.98. The molecule has 8 nitrogen and oxygen atoms in total. The van der Waals surface area contributed by atoms with Gasteiger partial charge in [0.05, 0.1) is 16.2 Å². The topological polar surface area (TPSA) is 125 Å². The van der Waals surface area contributed by atoms with Crippen LogP contribution in [0.1, 0.15) is 21.5 Å². The van der Waals surface area contributed by atoms with Crippen molar-refractivity contribution < 1.29 is 19.2 Å². The molecule has 0 aliphatic carbocycles. The van der Waals surface area contributed by atoms with Crippen LogP contribution in [0.3, 0.4) is 0 Å². The van der Waals surface area contributed by atoms with Crippen molar-refractivity contribution in [1.82, 2.24) is 0 Å². The van der Waals surface area contributed by atoms with Crippen molar-refractivity contribution in [2.75, 3.05) is 17.7 Å². The van der Waals surface area contributed by atoms with Gasteiger partial charge in [0.1, 0.15) is 0 Å². The van der Waals surface area contributed by atoms with E-state index in [0.717, 1.165) is 23.3 Å². The van der Waals surface area contributed by atoms with Crippen LogP contribution in [-0.4, -0.2) is 23.4 Å². The molecule has 0 saturated carbocycles. The van der Waals surface area contributed by atoms with Gasteiger partial charge in [-0.2, -0.15) is 0 Å². The second kappa shape index (κ2) is 7.43. The molecular weight excluding hydrogens is 326 g/mol. The second-order valence-electron chi connectivity index (χ2n) is 5.47. The summed E-state index contributed by atoms with van der Waals surface area (Å²) in [5.74, 6) is -1.33. The van der Waals surface area contributed by atoms with Crippen LogP contribution in [0.15, 0.2) is 36.4 Å². The number of nitrogen functional groups attached to an aromatic ring is 1. The lowest BCUT2D eigenvalue weighted by Gasteiger charge is -2.10. The molecule has 0 saturated heterocycles. The van der Waals surface area contributed by atoms with Gasteiger partial charge < -0.3 is 15.8 Å². The Morgan fingerprint density at radius 2 is 1.92 bits per heavy atom. The Bertz CT molecular complexity index is 848. The predicted molar refractivity (Wildman–Crippen MR) is 92.3 cm³/mol. The van der Waals surface area contributed by atoms with Gasteiger partial charge >= 0.3 is 5.97 Å². The van der Waals surface area contributed by atoms with E-state index in [-0.39, 0.29) is 16.9 Å². The Morgan fingerprint density at radius 1 is 1.20 bits per heavy atom. The highest BCUT2D eigenvalue weighted by atomic mass is 16.6. The minimum Gasteiger partial charge on any atom is -0.452 e. The first kappa shape index (κ1) is 17.9. The van der Waals surface area contributed by atoms with Crippen molar-refractivity contribution in [3.63, 3.8) is 0 Å². The Labute approximate surface area is 143 Å². The normalized spacial score (nSPS) is 10.2. The van der Waals surface area contributed by atoms with Crippen molar-refractivity contribution in [3.8, 4) is 0 Å². The SMILES string of the molecule is Cc1ccc(C)c(NC(=O)COC(=O)c2ccc([N+](=O)[O-])cc2N)c1. The molecule has 2 aromatic rings. The fourth-order valence-corrected chi connectivity index (χ4v) is 2.12. The molecule has 25 heavy (non-hydrogen) atoms. The highest BCUT2D eigenvalue weighted by molar-refractivity contribution is 5.98. The third kappa shape index (κ3) is 4.54. The molecule has 0 aliphatic heterocycles. The molecule has 0 fully saturated rings. The van der Waals surface area contributed by atoms with E-state index in [0.29, 0.717) is 5.69 Å². The molecule has 0 radical (unpaired) electrons. The third-order valence-electron chi connectivity index (χ3n) is 3.47. The predicted octanol–water partition coefficient (Wildman–Crippen LogP) is 2.59. The number of nitrogens with zero attached hydrogens (tertiary/aromatic N) is 1.